The van der Waals surface area contributed by atoms with Crippen molar-refractivity contribution in [1.82, 2.24) is 15.1 Å². The van der Waals surface area contributed by atoms with Gasteiger partial charge in [0, 0.05) is 19.0 Å². The molecule has 16 heavy (non-hydrogen) atoms. The second kappa shape index (κ2) is 4.65. The highest BCUT2D eigenvalue weighted by molar-refractivity contribution is 6.18. The third-order valence-electron chi connectivity index (χ3n) is 2.44. The summed E-state index contributed by atoms with van der Waals surface area (Å²) in [6.07, 6.45) is 0. The molecular formula is C10H14ClN3O2. The molecule has 0 aliphatic rings. The van der Waals surface area contributed by atoms with E-state index < -0.39 is 5.54 Å². The van der Waals surface area contributed by atoms with E-state index in [1.54, 1.807) is 7.05 Å². The van der Waals surface area contributed by atoms with Gasteiger partial charge in [-0.2, -0.15) is 5.10 Å². The zero-order valence-electron chi connectivity index (χ0n) is 9.45. The van der Waals surface area contributed by atoms with Crippen molar-refractivity contribution < 1.29 is 4.79 Å². The van der Waals surface area contributed by atoms with Crippen LogP contribution in [0, 0.1) is 0 Å². The molecule has 88 valence electrons. The van der Waals surface area contributed by atoms with Crippen LogP contribution >= 0.6 is 11.6 Å². The minimum atomic E-state index is -0.462. The molecular weight excluding hydrogens is 230 g/mol. The van der Waals surface area contributed by atoms with Crippen molar-refractivity contribution in [2.24, 2.45) is 0 Å². The van der Waals surface area contributed by atoms with Crippen LogP contribution in [0.5, 0.6) is 0 Å². The summed E-state index contributed by atoms with van der Waals surface area (Å²) in [6, 6.07) is 2.66. The first-order chi connectivity index (χ1) is 7.38. The highest BCUT2D eigenvalue weighted by atomic mass is 35.5. The average Bonchev–Trinajstić information content (AvgIpc) is 2.28. The molecule has 0 aliphatic carbocycles. The molecule has 1 aromatic heterocycles. The van der Waals surface area contributed by atoms with Crippen LogP contribution in [0.25, 0.3) is 0 Å². The van der Waals surface area contributed by atoms with Crippen LogP contribution in [0.3, 0.4) is 0 Å². The number of halogens is 1. The van der Waals surface area contributed by atoms with Crippen molar-refractivity contribution in [2.45, 2.75) is 19.4 Å². The number of rotatable bonds is 3. The zero-order valence-corrected chi connectivity index (χ0v) is 10.2. The van der Waals surface area contributed by atoms with Crippen molar-refractivity contribution >= 4 is 17.5 Å². The lowest BCUT2D eigenvalue weighted by Crippen LogP contribution is -2.46. The molecule has 0 bridgehead atoms. The van der Waals surface area contributed by atoms with E-state index >= 15 is 0 Å². The van der Waals surface area contributed by atoms with Gasteiger partial charge >= 0.3 is 0 Å². The van der Waals surface area contributed by atoms with E-state index in [0.29, 0.717) is 5.88 Å². The highest BCUT2D eigenvalue weighted by Gasteiger charge is 2.28. The van der Waals surface area contributed by atoms with Crippen LogP contribution in [0.2, 0.25) is 0 Å². The van der Waals surface area contributed by atoms with Gasteiger partial charge in [0.2, 0.25) is 0 Å². The van der Waals surface area contributed by atoms with Gasteiger partial charge in [-0.3, -0.25) is 9.59 Å². The van der Waals surface area contributed by atoms with Crippen LogP contribution in [0.1, 0.15) is 24.3 Å². The Hall–Kier alpha value is -1.36. The van der Waals surface area contributed by atoms with Crippen LogP contribution in [-0.2, 0) is 0 Å². The van der Waals surface area contributed by atoms with Gasteiger partial charge in [0.1, 0.15) is 5.69 Å². The monoisotopic (exact) mass is 243 g/mol. The fraction of sp³-hybridized carbons (Fsp3) is 0.500. The third kappa shape index (κ3) is 2.61. The van der Waals surface area contributed by atoms with Crippen LogP contribution in [0.4, 0.5) is 0 Å². The molecule has 0 aromatic carbocycles. The Labute approximate surface area is 98.4 Å². The molecule has 1 heterocycles. The summed E-state index contributed by atoms with van der Waals surface area (Å²) in [5.41, 5.74) is -0.604. The molecule has 0 saturated heterocycles. The van der Waals surface area contributed by atoms with E-state index in [-0.39, 0.29) is 17.2 Å². The number of amides is 1. The Balaban J connectivity index is 2.94. The van der Waals surface area contributed by atoms with Crippen LogP contribution < -0.4 is 5.56 Å². The minimum absolute atomic E-state index is 0.195. The number of nitrogens with zero attached hydrogens (tertiary/aromatic N) is 2. The topological polar surface area (TPSA) is 66.1 Å². The molecule has 1 rings (SSSR count). The summed E-state index contributed by atoms with van der Waals surface area (Å²) in [6.45, 7) is 3.70. The normalized spacial score (nSPS) is 11.2. The number of alkyl halides is 1. The first kappa shape index (κ1) is 12.7. The Morgan fingerprint density at radius 2 is 2.19 bits per heavy atom. The highest BCUT2D eigenvalue weighted by Crippen LogP contribution is 2.16. The largest absolute Gasteiger partial charge is 0.334 e. The molecule has 0 saturated carbocycles. The van der Waals surface area contributed by atoms with E-state index in [4.69, 9.17) is 11.6 Å². The second-order valence-electron chi connectivity index (χ2n) is 4.12. The lowest BCUT2D eigenvalue weighted by atomic mass is 10.1. The summed E-state index contributed by atoms with van der Waals surface area (Å²) < 4.78 is 0. The number of aromatic amines is 1. The maximum atomic E-state index is 11.9. The Morgan fingerprint density at radius 3 is 2.62 bits per heavy atom. The van der Waals surface area contributed by atoms with E-state index in [2.05, 4.69) is 10.2 Å². The Kier molecular flexibility index (Phi) is 3.70. The molecule has 5 nitrogen and oxygen atoms in total. The molecule has 0 unspecified atom stereocenters. The molecule has 0 radical (unpaired) electrons. The summed E-state index contributed by atoms with van der Waals surface area (Å²) >= 11 is 5.77. The lowest BCUT2D eigenvalue weighted by Gasteiger charge is -2.33. The number of carbonyl (C=O) groups is 1. The third-order valence-corrected chi connectivity index (χ3v) is 3.09. The van der Waals surface area contributed by atoms with Gasteiger partial charge in [0.25, 0.3) is 11.5 Å². The van der Waals surface area contributed by atoms with Crippen molar-refractivity contribution in [1.29, 1.82) is 0 Å². The van der Waals surface area contributed by atoms with Gasteiger partial charge in [-0.05, 0) is 19.9 Å². The van der Waals surface area contributed by atoms with E-state index in [1.165, 1.54) is 17.0 Å². The van der Waals surface area contributed by atoms with Crippen LogP contribution in [0.15, 0.2) is 16.9 Å². The fourth-order valence-electron chi connectivity index (χ4n) is 1.000. The van der Waals surface area contributed by atoms with Crippen molar-refractivity contribution in [3.05, 3.63) is 28.2 Å². The number of hydrogen-bond donors (Lipinski definition) is 1. The summed E-state index contributed by atoms with van der Waals surface area (Å²) in [7, 11) is 1.65. The van der Waals surface area contributed by atoms with E-state index in [9.17, 15) is 9.59 Å². The zero-order chi connectivity index (χ0) is 12.3. The molecule has 6 heteroatoms. The molecule has 0 atom stereocenters. The molecule has 1 N–H and O–H groups in total. The molecule has 1 amide bonds. The Bertz CT molecular complexity index is 421. The molecule has 0 spiro atoms. The molecule has 0 fully saturated rings. The summed E-state index contributed by atoms with van der Waals surface area (Å²) in [4.78, 5) is 24.2. The fourth-order valence-corrected chi connectivity index (χ4v) is 1.18. The van der Waals surface area contributed by atoms with Gasteiger partial charge < -0.3 is 4.90 Å². The average molecular weight is 244 g/mol. The van der Waals surface area contributed by atoms with Gasteiger partial charge in [0.05, 0.1) is 5.54 Å². The Morgan fingerprint density at radius 1 is 1.56 bits per heavy atom. The van der Waals surface area contributed by atoms with Crippen molar-refractivity contribution in [3.63, 3.8) is 0 Å². The quantitative estimate of drug-likeness (QED) is 0.801. The smallest absolute Gasteiger partial charge is 0.274 e. The lowest BCUT2D eigenvalue weighted by molar-refractivity contribution is 0.0653. The second-order valence-corrected chi connectivity index (χ2v) is 4.38. The van der Waals surface area contributed by atoms with Crippen molar-refractivity contribution in [2.75, 3.05) is 12.9 Å². The summed E-state index contributed by atoms with van der Waals surface area (Å²) in [5.74, 6) is 0.0420. The predicted octanol–water partition coefficient (Wildman–Crippen LogP) is 0.859. The molecule has 0 aliphatic heterocycles. The maximum Gasteiger partial charge on any atom is 0.274 e. The van der Waals surface area contributed by atoms with E-state index in [1.807, 2.05) is 13.8 Å². The standard InChI is InChI=1S/C10H14ClN3O2/c1-10(2,6-11)14(3)9(16)7-4-5-8(15)13-12-7/h4-5H,6H2,1-3H3,(H,13,15). The number of aromatic nitrogens is 2. The first-order valence-corrected chi connectivity index (χ1v) is 5.32. The predicted molar refractivity (Wildman–Crippen MR) is 61.8 cm³/mol. The van der Waals surface area contributed by atoms with Gasteiger partial charge in [-0.15, -0.1) is 11.6 Å². The number of H-pyrrole nitrogens is 1. The molecule has 1 aromatic rings. The number of hydrogen-bond acceptors (Lipinski definition) is 3. The van der Waals surface area contributed by atoms with Crippen molar-refractivity contribution in [3.8, 4) is 0 Å². The maximum absolute atomic E-state index is 11.9. The number of carbonyl (C=O) groups excluding carboxylic acids is 1. The number of nitrogens with one attached hydrogen (secondary N) is 1. The van der Waals surface area contributed by atoms with Gasteiger partial charge in [-0.1, -0.05) is 0 Å². The van der Waals surface area contributed by atoms with Gasteiger partial charge in [0.15, 0.2) is 0 Å². The van der Waals surface area contributed by atoms with Gasteiger partial charge in [-0.25, -0.2) is 5.10 Å². The SMILES string of the molecule is CN(C(=O)c1ccc(=O)[nH]n1)C(C)(C)CCl. The summed E-state index contributed by atoms with van der Waals surface area (Å²) in [5, 5.41) is 5.89. The first-order valence-electron chi connectivity index (χ1n) is 4.78. The van der Waals surface area contributed by atoms with Crippen LogP contribution in [-0.4, -0.2) is 39.5 Å². The minimum Gasteiger partial charge on any atom is -0.334 e. The van der Waals surface area contributed by atoms with E-state index in [0.717, 1.165) is 0 Å².